The molecule has 12 heteroatoms. The van der Waals surface area contributed by atoms with Gasteiger partial charge in [-0.05, 0) is 37.3 Å². The van der Waals surface area contributed by atoms with Crippen molar-refractivity contribution in [1.82, 2.24) is 9.55 Å². The predicted molar refractivity (Wildman–Crippen MR) is 119 cm³/mol. The Hall–Kier alpha value is -4.22. The van der Waals surface area contributed by atoms with Crippen molar-refractivity contribution < 1.29 is 32.3 Å². The number of ether oxygens (including phenoxy) is 1. The van der Waals surface area contributed by atoms with Gasteiger partial charge in [-0.3, -0.25) is 28.6 Å². The van der Waals surface area contributed by atoms with Crippen LogP contribution < -0.4 is 15.8 Å². The molecular formula is C23H19F3N4O5. The summed E-state index contributed by atoms with van der Waals surface area (Å²) in [5.74, 6) is -2.24. The lowest BCUT2D eigenvalue weighted by molar-refractivity contribution is -0.154. The van der Waals surface area contributed by atoms with E-state index in [4.69, 9.17) is 4.74 Å². The Balaban J connectivity index is 1.43. The van der Waals surface area contributed by atoms with Gasteiger partial charge in [-0.1, -0.05) is 12.1 Å². The molecule has 2 aromatic carbocycles. The van der Waals surface area contributed by atoms with Gasteiger partial charge in [-0.25, -0.2) is 4.98 Å². The number of carbonyl (C=O) groups is 3. The molecule has 1 unspecified atom stereocenters. The molecule has 3 aromatic rings. The maximum absolute atomic E-state index is 13.0. The zero-order chi connectivity index (χ0) is 25.3. The Morgan fingerprint density at radius 3 is 2.66 bits per heavy atom. The van der Waals surface area contributed by atoms with Gasteiger partial charge in [0.1, 0.15) is 6.54 Å². The number of nitrogens with zero attached hydrogens (tertiary/aromatic N) is 3. The molecule has 2 amide bonds. The first-order chi connectivity index (χ1) is 16.5. The molecule has 0 radical (unpaired) electrons. The summed E-state index contributed by atoms with van der Waals surface area (Å²) in [5.41, 5.74) is -0.917. The van der Waals surface area contributed by atoms with Crippen molar-refractivity contribution in [3.05, 3.63) is 64.7 Å². The van der Waals surface area contributed by atoms with Crippen molar-refractivity contribution in [3.8, 4) is 0 Å². The summed E-state index contributed by atoms with van der Waals surface area (Å²) in [4.78, 5) is 54.8. The van der Waals surface area contributed by atoms with Gasteiger partial charge in [0, 0.05) is 6.54 Å². The quantitative estimate of drug-likeness (QED) is 0.553. The summed E-state index contributed by atoms with van der Waals surface area (Å²) in [6.45, 7) is 0.809. The first-order valence-electron chi connectivity index (χ1n) is 10.5. The largest absolute Gasteiger partial charge is 0.452 e. The lowest BCUT2D eigenvalue weighted by Crippen LogP contribution is -2.47. The lowest BCUT2D eigenvalue weighted by Gasteiger charge is -2.31. The zero-order valence-corrected chi connectivity index (χ0v) is 18.3. The van der Waals surface area contributed by atoms with Crippen LogP contribution in [0.25, 0.3) is 10.9 Å². The van der Waals surface area contributed by atoms with E-state index < -0.39 is 42.2 Å². The number of para-hydroxylation sites is 1. The van der Waals surface area contributed by atoms with E-state index in [1.807, 2.05) is 0 Å². The molecule has 1 aromatic heterocycles. The molecule has 2 heterocycles. The fraction of sp³-hybridized carbons (Fsp3) is 0.261. The minimum absolute atomic E-state index is 0.0361. The Morgan fingerprint density at radius 1 is 1.17 bits per heavy atom. The molecule has 0 saturated heterocycles. The zero-order valence-electron chi connectivity index (χ0n) is 18.3. The summed E-state index contributed by atoms with van der Waals surface area (Å²) >= 11 is 0. The van der Waals surface area contributed by atoms with E-state index in [2.05, 4.69) is 10.3 Å². The Morgan fingerprint density at radius 2 is 1.91 bits per heavy atom. The normalized spacial score (nSPS) is 14.3. The molecule has 35 heavy (non-hydrogen) atoms. The number of amides is 2. The van der Waals surface area contributed by atoms with E-state index in [1.54, 1.807) is 24.3 Å². The van der Waals surface area contributed by atoms with E-state index in [-0.39, 0.29) is 29.9 Å². The van der Waals surface area contributed by atoms with E-state index >= 15 is 0 Å². The maximum Gasteiger partial charge on any atom is 0.416 e. The monoisotopic (exact) mass is 488 g/mol. The van der Waals surface area contributed by atoms with E-state index in [0.29, 0.717) is 10.9 Å². The van der Waals surface area contributed by atoms with Crippen molar-refractivity contribution in [2.75, 3.05) is 16.8 Å². The van der Waals surface area contributed by atoms with Gasteiger partial charge in [-0.15, -0.1) is 0 Å². The third kappa shape index (κ3) is 5.00. The Bertz CT molecular complexity index is 1390. The van der Waals surface area contributed by atoms with Crippen LogP contribution in [0.5, 0.6) is 0 Å². The highest BCUT2D eigenvalue weighted by Gasteiger charge is 2.35. The van der Waals surface area contributed by atoms with Crippen LogP contribution >= 0.6 is 0 Å². The highest BCUT2D eigenvalue weighted by Crippen LogP contribution is 2.37. The van der Waals surface area contributed by atoms with Gasteiger partial charge in [-0.2, -0.15) is 13.2 Å². The summed E-state index contributed by atoms with van der Waals surface area (Å²) in [6, 6.07) is 9.34. The predicted octanol–water partition coefficient (Wildman–Crippen LogP) is 2.72. The number of carbonyl (C=O) groups excluding carboxylic acids is 3. The smallest absolute Gasteiger partial charge is 0.416 e. The van der Waals surface area contributed by atoms with Gasteiger partial charge in [0.25, 0.3) is 11.5 Å². The van der Waals surface area contributed by atoms with Crippen molar-refractivity contribution in [2.24, 2.45) is 0 Å². The van der Waals surface area contributed by atoms with Gasteiger partial charge in [0.15, 0.2) is 6.10 Å². The molecule has 0 bridgehead atoms. The Kier molecular flexibility index (Phi) is 6.29. The molecule has 0 spiro atoms. The molecule has 9 nitrogen and oxygen atoms in total. The molecule has 0 aliphatic carbocycles. The highest BCUT2D eigenvalue weighted by atomic mass is 19.4. The van der Waals surface area contributed by atoms with Gasteiger partial charge >= 0.3 is 12.1 Å². The van der Waals surface area contributed by atoms with Gasteiger partial charge < -0.3 is 10.1 Å². The summed E-state index contributed by atoms with van der Waals surface area (Å²) in [5, 5.41) is 2.71. The molecule has 182 valence electrons. The summed E-state index contributed by atoms with van der Waals surface area (Å²) in [6.07, 6.45) is -4.87. The number of aromatic nitrogens is 2. The number of aryl methyl sites for hydroxylation is 1. The van der Waals surface area contributed by atoms with Crippen molar-refractivity contribution in [3.63, 3.8) is 0 Å². The molecule has 0 saturated carbocycles. The number of anilines is 2. The molecule has 1 aliphatic heterocycles. The van der Waals surface area contributed by atoms with Crippen LogP contribution in [0.1, 0.15) is 18.9 Å². The second-order valence-corrected chi connectivity index (χ2v) is 7.84. The fourth-order valence-electron chi connectivity index (χ4n) is 3.67. The highest BCUT2D eigenvalue weighted by molar-refractivity contribution is 6.11. The minimum Gasteiger partial charge on any atom is -0.452 e. The first kappa shape index (κ1) is 23.9. The molecule has 0 fully saturated rings. The van der Waals surface area contributed by atoms with Crippen LogP contribution in [0.2, 0.25) is 0 Å². The number of hydrogen-bond donors (Lipinski definition) is 1. The van der Waals surface area contributed by atoms with Crippen LogP contribution in [0.4, 0.5) is 24.5 Å². The number of fused-ring (bicyclic) bond motifs is 2. The third-order valence-electron chi connectivity index (χ3n) is 5.40. The van der Waals surface area contributed by atoms with E-state index in [1.165, 1.54) is 17.8 Å². The number of esters is 1. The van der Waals surface area contributed by atoms with Crippen molar-refractivity contribution in [1.29, 1.82) is 0 Å². The number of hydrogen-bond acceptors (Lipinski definition) is 6. The SMILES string of the molecule is CC(OC(=O)CCn1cnc2ccccc2c1=O)C(=O)N1CC(=O)Nc2cc(C(F)(F)F)ccc21. The van der Waals surface area contributed by atoms with Gasteiger partial charge in [0.2, 0.25) is 5.91 Å². The standard InChI is InChI=1S/C23H19F3N4O5/c1-13(35-20(32)8-9-29-12-27-16-5-3-2-4-15(16)22(29)34)21(33)30-11-19(31)28-17-10-14(23(24,25)26)6-7-18(17)30/h2-7,10,12-13H,8-9,11H2,1H3,(H,28,31). The van der Waals surface area contributed by atoms with Crippen molar-refractivity contribution in [2.45, 2.75) is 32.2 Å². The summed E-state index contributed by atoms with van der Waals surface area (Å²) < 4.78 is 45.4. The Labute approximate surface area is 196 Å². The average molecular weight is 488 g/mol. The van der Waals surface area contributed by atoms with Crippen LogP contribution in [0.15, 0.2) is 53.6 Å². The first-order valence-corrected chi connectivity index (χ1v) is 10.5. The summed E-state index contributed by atoms with van der Waals surface area (Å²) in [7, 11) is 0. The number of rotatable bonds is 5. The molecule has 1 atom stereocenters. The van der Waals surface area contributed by atoms with E-state index in [9.17, 15) is 32.3 Å². The number of alkyl halides is 3. The molecule has 1 aliphatic rings. The second kappa shape index (κ2) is 9.20. The topological polar surface area (TPSA) is 111 Å². The molecular weight excluding hydrogens is 469 g/mol. The number of benzene rings is 2. The second-order valence-electron chi connectivity index (χ2n) is 7.84. The fourth-order valence-corrected chi connectivity index (χ4v) is 3.67. The number of halogens is 3. The van der Waals surface area contributed by atoms with Crippen LogP contribution in [-0.4, -0.2) is 40.0 Å². The molecule has 1 N–H and O–H groups in total. The lowest BCUT2D eigenvalue weighted by atomic mass is 10.1. The van der Waals surface area contributed by atoms with Crippen molar-refractivity contribution >= 4 is 40.1 Å². The number of nitrogens with one attached hydrogen (secondary N) is 1. The maximum atomic E-state index is 13.0. The van der Waals surface area contributed by atoms with Crippen LogP contribution in [-0.2, 0) is 31.8 Å². The minimum atomic E-state index is -4.63. The van der Waals surface area contributed by atoms with Crippen LogP contribution in [0, 0.1) is 0 Å². The van der Waals surface area contributed by atoms with E-state index in [0.717, 1.165) is 23.1 Å². The average Bonchev–Trinajstić information content (AvgIpc) is 2.81. The molecule has 4 rings (SSSR count). The van der Waals surface area contributed by atoms with Gasteiger partial charge in [0.05, 0.1) is 40.6 Å². The van der Waals surface area contributed by atoms with Crippen LogP contribution in [0.3, 0.4) is 0 Å². The third-order valence-corrected chi connectivity index (χ3v) is 5.40.